The third-order valence-electron chi connectivity index (χ3n) is 6.02. The highest BCUT2D eigenvalue weighted by Crippen LogP contribution is 2.30. The van der Waals surface area contributed by atoms with Crippen molar-refractivity contribution in [1.29, 1.82) is 0 Å². The third kappa shape index (κ3) is 5.54. The zero-order valence-corrected chi connectivity index (χ0v) is 19.7. The number of piperidine rings is 1. The molecule has 2 aromatic carbocycles. The van der Waals surface area contributed by atoms with Crippen molar-refractivity contribution in [3.8, 4) is 5.75 Å². The van der Waals surface area contributed by atoms with Gasteiger partial charge in [0.05, 0.1) is 23.6 Å². The van der Waals surface area contributed by atoms with Gasteiger partial charge in [0.1, 0.15) is 5.75 Å². The molecule has 2 aromatic rings. The van der Waals surface area contributed by atoms with Crippen molar-refractivity contribution < 1.29 is 22.7 Å². The number of methoxy groups -OCH3 is 1. The Morgan fingerprint density at radius 2 is 1.79 bits per heavy atom. The first-order valence-electron chi connectivity index (χ1n) is 11.1. The van der Waals surface area contributed by atoms with Crippen molar-refractivity contribution in [2.24, 2.45) is 5.92 Å². The quantitative estimate of drug-likeness (QED) is 0.646. The van der Waals surface area contributed by atoms with Crippen LogP contribution in [0.25, 0.3) is 0 Å². The molecule has 0 bridgehead atoms. The highest BCUT2D eigenvalue weighted by molar-refractivity contribution is 7.89. The van der Waals surface area contributed by atoms with E-state index in [0.717, 1.165) is 18.4 Å². The molecule has 1 atom stereocenters. The van der Waals surface area contributed by atoms with E-state index in [2.05, 4.69) is 10.0 Å². The summed E-state index contributed by atoms with van der Waals surface area (Å²) in [5.41, 5.74) is 1.97. The molecule has 2 amide bonds. The molecule has 176 valence electrons. The van der Waals surface area contributed by atoms with Crippen LogP contribution in [0.2, 0.25) is 0 Å². The van der Waals surface area contributed by atoms with E-state index in [1.54, 1.807) is 17.0 Å². The first kappa shape index (κ1) is 23.3. The van der Waals surface area contributed by atoms with Gasteiger partial charge in [-0.3, -0.25) is 9.59 Å². The van der Waals surface area contributed by atoms with Crippen LogP contribution in [-0.4, -0.2) is 51.4 Å². The fourth-order valence-corrected chi connectivity index (χ4v) is 5.26. The summed E-state index contributed by atoms with van der Waals surface area (Å²) >= 11 is 0. The van der Waals surface area contributed by atoms with Crippen LogP contribution in [0.5, 0.6) is 5.75 Å². The van der Waals surface area contributed by atoms with E-state index in [9.17, 15) is 18.0 Å². The van der Waals surface area contributed by atoms with Crippen molar-refractivity contribution in [2.45, 2.75) is 43.5 Å². The summed E-state index contributed by atoms with van der Waals surface area (Å²) < 4.78 is 33.1. The highest BCUT2D eigenvalue weighted by atomic mass is 32.2. The number of hydrogen-bond acceptors (Lipinski definition) is 5. The van der Waals surface area contributed by atoms with E-state index in [4.69, 9.17) is 4.74 Å². The Hall–Kier alpha value is -2.91. The topological polar surface area (TPSA) is 105 Å². The van der Waals surface area contributed by atoms with Crippen molar-refractivity contribution >= 4 is 27.5 Å². The number of hydrogen-bond donors (Lipinski definition) is 2. The molecule has 9 heteroatoms. The van der Waals surface area contributed by atoms with Crippen LogP contribution in [0.15, 0.2) is 47.4 Å². The van der Waals surface area contributed by atoms with Crippen LogP contribution >= 0.6 is 0 Å². The van der Waals surface area contributed by atoms with Crippen LogP contribution in [0.1, 0.15) is 41.6 Å². The summed E-state index contributed by atoms with van der Waals surface area (Å²) in [6.07, 6.45) is 3.02. The molecule has 1 saturated heterocycles. The minimum absolute atomic E-state index is 0.0190. The number of nitrogens with zero attached hydrogens (tertiary/aromatic N) is 1. The molecule has 0 radical (unpaired) electrons. The van der Waals surface area contributed by atoms with Crippen LogP contribution in [0.4, 0.5) is 5.69 Å². The van der Waals surface area contributed by atoms with Gasteiger partial charge in [-0.1, -0.05) is 17.7 Å². The van der Waals surface area contributed by atoms with Gasteiger partial charge in [0.15, 0.2) is 0 Å². The second-order valence-corrected chi connectivity index (χ2v) is 10.4. The summed E-state index contributed by atoms with van der Waals surface area (Å²) in [4.78, 5) is 27.7. The number of amides is 2. The van der Waals surface area contributed by atoms with Gasteiger partial charge in [-0.05, 0) is 62.9 Å². The fraction of sp³-hybridized carbons (Fsp3) is 0.417. The number of nitrogens with one attached hydrogen (secondary N) is 2. The maximum absolute atomic E-state index is 13.1. The predicted molar refractivity (Wildman–Crippen MR) is 125 cm³/mol. The Bertz CT molecular complexity index is 1140. The number of aryl methyl sites for hydroxylation is 1. The number of anilines is 1. The fourth-order valence-electron chi connectivity index (χ4n) is 3.93. The van der Waals surface area contributed by atoms with E-state index in [1.165, 1.54) is 25.3 Å². The Morgan fingerprint density at radius 1 is 1.06 bits per heavy atom. The van der Waals surface area contributed by atoms with E-state index >= 15 is 0 Å². The number of sulfonamides is 1. The molecule has 1 aliphatic heterocycles. The van der Waals surface area contributed by atoms with Gasteiger partial charge in [-0.15, -0.1) is 0 Å². The summed E-state index contributed by atoms with van der Waals surface area (Å²) in [5.74, 6) is -0.386. The average Bonchev–Trinajstić information content (AvgIpc) is 3.62. The maximum Gasteiger partial charge on any atom is 0.253 e. The lowest BCUT2D eigenvalue weighted by Crippen LogP contribution is -2.43. The molecule has 1 saturated carbocycles. The molecule has 2 aliphatic rings. The molecule has 33 heavy (non-hydrogen) atoms. The summed E-state index contributed by atoms with van der Waals surface area (Å²) in [6, 6.07) is 11.8. The number of rotatable bonds is 7. The largest absolute Gasteiger partial charge is 0.495 e. The SMILES string of the molecule is COc1ccc(S(=O)(=O)NC2CC2)cc1NC(=O)C1CCCN(C(=O)c2ccc(C)cc2)C1. The summed E-state index contributed by atoms with van der Waals surface area (Å²) in [5, 5.41) is 2.83. The minimum atomic E-state index is -3.67. The maximum atomic E-state index is 13.1. The van der Waals surface area contributed by atoms with Gasteiger partial charge in [0.25, 0.3) is 5.91 Å². The van der Waals surface area contributed by atoms with Crippen molar-refractivity contribution in [1.82, 2.24) is 9.62 Å². The normalized spacial score (nSPS) is 18.6. The first-order chi connectivity index (χ1) is 15.8. The second kappa shape index (κ2) is 9.52. The lowest BCUT2D eigenvalue weighted by molar-refractivity contribution is -0.121. The van der Waals surface area contributed by atoms with Crippen LogP contribution in [0, 0.1) is 12.8 Å². The van der Waals surface area contributed by atoms with Crippen LogP contribution in [-0.2, 0) is 14.8 Å². The van der Waals surface area contributed by atoms with Gasteiger partial charge < -0.3 is 15.0 Å². The van der Waals surface area contributed by atoms with Crippen LogP contribution < -0.4 is 14.8 Å². The van der Waals surface area contributed by atoms with E-state index < -0.39 is 15.9 Å². The molecule has 2 fully saturated rings. The van der Waals surface area contributed by atoms with E-state index in [1.807, 2.05) is 19.1 Å². The number of benzene rings is 2. The lowest BCUT2D eigenvalue weighted by Gasteiger charge is -2.32. The third-order valence-corrected chi connectivity index (χ3v) is 7.53. The average molecular weight is 472 g/mol. The molecule has 0 aromatic heterocycles. The molecule has 0 spiro atoms. The van der Waals surface area contributed by atoms with Gasteiger partial charge in [-0.2, -0.15) is 0 Å². The number of likely N-dealkylation sites (tertiary alicyclic amines) is 1. The summed E-state index contributed by atoms with van der Waals surface area (Å²) in [6.45, 7) is 2.87. The molecule has 1 aliphatic carbocycles. The Morgan fingerprint density at radius 3 is 2.45 bits per heavy atom. The Labute approximate surface area is 194 Å². The van der Waals surface area contributed by atoms with Gasteiger partial charge in [0.2, 0.25) is 15.9 Å². The number of ether oxygens (including phenoxy) is 1. The molecule has 2 N–H and O–H groups in total. The monoisotopic (exact) mass is 471 g/mol. The Kier molecular flexibility index (Phi) is 6.71. The van der Waals surface area contributed by atoms with Gasteiger partial charge in [-0.25, -0.2) is 13.1 Å². The predicted octanol–water partition coefficient (Wildman–Crippen LogP) is 2.94. The van der Waals surface area contributed by atoms with Crippen molar-refractivity contribution in [3.63, 3.8) is 0 Å². The molecule has 1 heterocycles. The zero-order chi connectivity index (χ0) is 23.6. The highest BCUT2D eigenvalue weighted by Gasteiger charge is 2.31. The zero-order valence-electron chi connectivity index (χ0n) is 18.8. The molecule has 4 rings (SSSR count). The smallest absolute Gasteiger partial charge is 0.253 e. The van der Waals surface area contributed by atoms with Gasteiger partial charge >= 0.3 is 0 Å². The number of carbonyl (C=O) groups excluding carboxylic acids is 2. The standard InChI is InChI=1S/C24H29N3O5S/c1-16-5-7-17(8-6-16)24(29)27-13-3-4-18(15-27)23(28)25-21-14-20(11-12-22(21)32-2)33(30,31)26-19-9-10-19/h5-8,11-12,14,18-19,26H,3-4,9-10,13,15H2,1-2H3,(H,25,28). The lowest BCUT2D eigenvalue weighted by atomic mass is 9.96. The minimum Gasteiger partial charge on any atom is -0.495 e. The second-order valence-electron chi connectivity index (χ2n) is 8.70. The van der Waals surface area contributed by atoms with E-state index in [0.29, 0.717) is 42.9 Å². The Balaban J connectivity index is 1.47. The molecule has 1 unspecified atom stereocenters. The molecular formula is C24H29N3O5S. The van der Waals surface area contributed by atoms with Crippen LogP contribution in [0.3, 0.4) is 0 Å². The van der Waals surface area contributed by atoms with Crippen molar-refractivity contribution in [2.75, 3.05) is 25.5 Å². The van der Waals surface area contributed by atoms with Gasteiger partial charge in [0, 0.05) is 24.7 Å². The van der Waals surface area contributed by atoms with Crippen molar-refractivity contribution in [3.05, 3.63) is 53.6 Å². The molecule has 8 nitrogen and oxygen atoms in total. The first-order valence-corrected chi connectivity index (χ1v) is 12.6. The number of carbonyl (C=O) groups is 2. The summed E-state index contributed by atoms with van der Waals surface area (Å²) in [7, 11) is -2.21. The van der Waals surface area contributed by atoms with E-state index in [-0.39, 0.29) is 22.8 Å². The molecular weight excluding hydrogens is 442 g/mol.